The zero-order valence-electron chi connectivity index (χ0n) is 16.8. The molecule has 0 unspecified atom stereocenters. The number of hydrogen-bond donors (Lipinski definition) is 0. The zero-order valence-corrected chi connectivity index (χ0v) is 16.8. The average Bonchev–Trinajstić information content (AvgIpc) is 3.05. The summed E-state index contributed by atoms with van der Waals surface area (Å²) in [6.07, 6.45) is 0. The summed E-state index contributed by atoms with van der Waals surface area (Å²) in [6, 6.07) is 14.8. The number of benzene rings is 2. The fraction of sp³-hybridized carbons (Fsp3) is 0.318. The van der Waals surface area contributed by atoms with Crippen molar-refractivity contribution in [2.75, 3.05) is 13.7 Å². The van der Waals surface area contributed by atoms with Crippen LogP contribution in [0.4, 0.5) is 0 Å². The second-order valence-corrected chi connectivity index (χ2v) is 7.32. The molecule has 1 saturated heterocycles. The zero-order chi connectivity index (χ0) is 20.5. The number of rotatable bonds is 5. The lowest BCUT2D eigenvalue weighted by Gasteiger charge is -2.38. The minimum absolute atomic E-state index is 0.0563. The van der Waals surface area contributed by atoms with Crippen LogP contribution >= 0.6 is 0 Å². The normalized spacial score (nSPS) is 17.3. The van der Waals surface area contributed by atoms with Crippen LogP contribution in [0.1, 0.15) is 18.3 Å². The average molecular weight is 392 g/mol. The summed E-state index contributed by atoms with van der Waals surface area (Å²) < 4.78 is 7.14. The number of amides is 2. The molecule has 0 bridgehead atoms. The van der Waals surface area contributed by atoms with E-state index in [9.17, 15) is 9.59 Å². The van der Waals surface area contributed by atoms with Gasteiger partial charge in [-0.2, -0.15) is 0 Å². The van der Waals surface area contributed by atoms with Crippen molar-refractivity contribution in [3.8, 4) is 5.75 Å². The van der Waals surface area contributed by atoms with Gasteiger partial charge in [-0.15, -0.1) is 0 Å². The van der Waals surface area contributed by atoms with Crippen LogP contribution < -0.4 is 4.74 Å². The summed E-state index contributed by atoms with van der Waals surface area (Å²) in [5.74, 6) is 1.40. The predicted octanol–water partition coefficient (Wildman–Crippen LogP) is 2.34. The maximum absolute atomic E-state index is 12.9. The third-order valence-electron chi connectivity index (χ3n) is 5.51. The first-order valence-corrected chi connectivity index (χ1v) is 9.59. The molecule has 7 nitrogen and oxygen atoms in total. The number of carbonyl (C=O) groups excluding carboxylic acids is 2. The van der Waals surface area contributed by atoms with Gasteiger partial charge in [-0.05, 0) is 36.8 Å². The van der Waals surface area contributed by atoms with Gasteiger partial charge in [0.15, 0.2) is 0 Å². The maximum atomic E-state index is 12.9. The third kappa shape index (κ3) is 3.55. The summed E-state index contributed by atoms with van der Waals surface area (Å²) >= 11 is 0. The fourth-order valence-electron chi connectivity index (χ4n) is 3.74. The van der Waals surface area contributed by atoms with Crippen molar-refractivity contribution in [2.45, 2.75) is 26.1 Å². The molecule has 150 valence electrons. The van der Waals surface area contributed by atoms with Crippen LogP contribution in [0.5, 0.6) is 5.75 Å². The molecule has 0 N–H and O–H groups in total. The molecule has 1 fully saturated rings. The summed E-state index contributed by atoms with van der Waals surface area (Å²) in [7, 11) is 3.55. The second-order valence-electron chi connectivity index (χ2n) is 7.32. The van der Waals surface area contributed by atoms with Gasteiger partial charge in [0.2, 0.25) is 11.8 Å². The quantitative estimate of drug-likeness (QED) is 0.668. The molecule has 0 spiro atoms. The van der Waals surface area contributed by atoms with Gasteiger partial charge < -0.3 is 19.1 Å². The van der Waals surface area contributed by atoms with Crippen LogP contribution in [-0.2, 0) is 29.7 Å². The van der Waals surface area contributed by atoms with E-state index in [1.807, 2.05) is 60.1 Å². The molecule has 1 aliphatic heterocycles. The molecule has 0 radical (unpaired) electrons. The van der Waals surface area contributed by atoms with Crippen molar-refractivity contribution >= 4 is 22.8 Å². The number of piperazine rings is 1. The Balaban J connectivity index is 1.50. The monoisotopic (exact) mass is 392 g/mol. The number of carbonyl (C=O) groups is 2. The number of hydrogen-bond acceptors (Lipinski definition) is 4. The lowest BCUT2D eigenvalue weighted by atomic mass is 10.1. The molecule has 29 heavy (non-hydrogen) atoms. The molecule has 2 amide bonds. The minimum Gasteiger partial charge on any atom is -0.497 e. The summed E-state index contributed by atoms with van der Waals surface area (Å²) in [5, 5.41) is 0. The van der Waals surface area contributed by atoms with E-state index in [1.54, 1.807) is 23.8 Å². The smallest absolute Gasteiger partial charge is 0.245 e. The summed E-state index contributed by atoms with van der Waals surface area (Å²) in [6.45, 7) is 2.56. The molecule has 1 atom stereocenters. The predicted molar refractivity (Wildman–Crippen MR) is 109 cm³/mol. The molecule has 0 saturated carbocycles. The molecule has 1 aromatic heterocycles. The number of nitrogens with zero attached hydrogens (tertiary/aromatic N) is 4. The Kier molecular flexibility index (Phi) is 4.96. The fourth-order valence-corrected chi connectivity index (χ4v) is 3.74. The van der Waals surface area contributed by atoms with Gasteiger partial charge in [-0.25, -0.2) is 4.98 Å². The van der Waals surface area contributed by atoms with E-state index in [-0.39, 0.29) is 18.4 Å². The van der Waals surface area contributed by atoms with Crippen molar-refractivity contribution < 1.29 is 14.3 Å². The van der Waals surface area contributed by atoms with Crippen molar-refractivity contribution in [2.24, 2.45) is 7.05 Å². The molecule has 0 aliphatic carbocycles. The Morgan fingerprint density at radius 3 is 2.48 bits per heavy atom. The highest BCUT2D eigenvalue weighted by molar-refractivity contribution is 5.94. The van der Waals surface area contributed by atoms with E-state index in [0.29, 0.717) is 13.1 Å². The van der Waals surface area contributed by atoms with E-state index in [0.717, 1.165) is 28.2 Å². The van der Waals surface area contributed by atoms with Gasteiger partial charge in [0.1, 0.15) is 24.2 Å². The molecule has 2 aromatic carbocycles. The highest BCUT2D eigenvalue weighted by atomic mass is 16.5. The van der Waals surface area contributed by atoms with Gasteiger partial charge in [0.05, 0.1) is 24.7 Å². The molecule has 4 rings (SSSR count). The van der Waals surface area contributed by atoms with E-state index in [2.05, 4.69) is 4.98 Å². The van der Waals surface area contributed by atoms with Crippen molar-refractivity contribution in [1.82, 2.24) is 19.4 Å². The molecular formula is C22H24N4O3. The molecule has 1 aliphatic rings. The Morgan fingerprint density at radius 2 is 1.79 bits per heavy atom. The summed E-state index contributed by atoms with van der Waals surface area (Å²) in [4.78, 5) is 33.7. The van der Waals surface area contributed by atoms with Gasteiger partial charge in [0.25, 0.3) is 0 Å². The van der Waals surface area contributed by atoms with E-state index in [4.69, 9.17) is 4.74 Å². The molecular weight excluding hydrogens is 368 g/mol. The number of imidazole rings is 1. The highest BCUT2D eigenvalue weighted by Crippen LogP contribution is 2.21. The Morgan fingerprint density at radius 1 is 1.07 bits per heavy atom. The maximum Gasteiger partial charge on any atom is 0.245 e. The van der Waals surface area contributed by atoms with E-state index < -0.39 is 6.04 Å². The Labute approximate surface area is 169 Å². The number of methoxy groups -OCH3 is 1. The number of fused-ring (bicyclic) bond motifs is 1. The van der Waals surface area contributed by atoms with E-state index >= 15 is 0 Å². The number of aromatic nitrogens is 2. The van der Waals surface area contributed by atoms with Gasteiger partial charge in [-0.1, -0.05) is 24.3 Å². The van der Waals surface area contributed by atoms with Crippen LogP contribution in [0.15, 0.2) is 48.5 Å². The Hall–Kier alpha value is -3.35. The lowest BCUT2D eigenvalue weighted by molar-refractivity contribution is -0.156. The van der Waals surface area contributed by atoms with Crippen molar-refractivity contribution in [1.29, 1.82) is 0 Å². The van der Waals surface area contributed by atoms with Gasteiger partial charge in [0, 0.05) is 13.6 Å². The van der Waals surface area contributed by atoms with Crippen LogP contribution in [0.2, 0.25) is 0 Å². The molecule has 2 heterocycles. The number of ether oxygens (including phenoxy) is 1. The number of aryl methyl sites for hydroxylation is 1. The van der Waals surface area contributed by atoms with Crippen LogP contribution in [-0.4, -0.2) is 50.9 Å². The standard InChI is InChI=1S/C22H24N4O3/c1-15-22(28)25(12-16-8-10-17(29-3)11-9-16)14-21(27)26(15)13-20-23-18-6-4-5-7-19(18)24(20)2/h4-11,15H,12-14H2,1-3H3/t15-/m0/s1. The third-order valence-corrected chi connectivity index (χ3v) is 5.51. The largest absolute Gasteiger partial charge is 0.497 e. The van der Waals surface area contributed by atoms with Crippen molar-refractivity contribution in [3.63, 3.8) is 0 Å². The first kappa shape index (κ1) is 19.0. The van der Waals surface area contributed by atoms with Crippen LogP contribution in [0, 0.1) is 0 Å². The van der Waals surface area contributed by atoms with Crippen molar-refractivity contribution in [3.05, 3.63) is 59.9 Å². The molecule has 7 heteroatoms. The van der Waals surface area contributed by atoms with Crippen LogP contribution in [0.25, 0.3) is 11.0 Å². The van der Waals surface area contributed by atoms with Crippen LogP contribution in [0.3, 0.4) is 0 Å². The summed E-state index contributed by atoms with van der Waals surface area (Å²) in [5.41, 5.74) is 2.85. The molecule has 3 aromatic rings. The first-order chi connectivity index (χ1) is 14.0. The first-order valence-electron chi connectivity index (χ1n) is 9.59. The van der Waals surface area contributed by atoms with E-state index in [1.165, 1.54) is 0 Å². The SMILES string of the molecule is COc1ccc(CN2CC(=O)N(Cc3nc4ccccc4n3C)[C@@H](C)C2=O)cc1. The topological polar surface area (TPSA) is 67.7 Å². The second kappa shape index (κ2) is 7.58. The number of para-hydroxylation sites is 2. The highest BCUT2D eigenvalue weighted by Gasteiger charge is 2.37. The minimum atomic E-state index is -0.533. The van der Waals surface area contributed by atoms with Gasteiger partial charge >= 0.3 is 0 Å². The van der Waals surface area contributed by atoms with Gasteiger partial charge in [-0.3, -0.25) is 9.59 Å². The lowest BCUT2D eigenvalue weighted by Crippen LogP contribution is -2.58. The Bertz CT molecular complexity index is 1060.